The Morgan fingerprint density at radius 1 is 1.05 bits per heavy atom. The molecule has 0 aliphatic carbocycles. The number of pyridine rings is 1. The maximum absolute atomic E-state index is 5.05. The van der Waals surface area contributed by atoms with E-state index in [9.17, 15) is 0 Å². The first-order chi connectivity index (χ1) is 10.2. The lowest BCUT2D eigenvalue weighted by atomic mass is 9.91. The average molecular weight is 287 g/mol. The molecule has 0 bridgehead atoms. The molecule has 0 N–H and O–H groups in total. The van der Waals surface area contributed by atoms with Gasteiger partial charge in [-0.25, -0.2) is 0 Å². The largest absolute Gasteiger partial charge is 0.306 e. The van der Waals surface area contributed by atoms with Crippen LogP contribution in [0.15, 0.2) is 12.1 Å². The van der Waals surface area contributed by atoms with Crippen LogP contribution in [0.3, 0.4) is 0 Å². The van der Waals surface area contributed by atoms with E-state index in [1.165, 1.54) is 75.2 Å². The van der Waals surface area contributed by atoms with Crippen molar-refractivity contribution in [2.24, 2.45) is 0 Å². The van der Waals surface area contributed by atoms with Crippen molar-refractivity contribution in [3.63, 3.8) is 0 Å². The van der Waals surface area contributed by atoms with Crippen LogP contribution in [0.5, 0.6) is 0 Å². The van der Waals surface area contributed by atoms with Crippen molar-refractivity contribution in [1.29, 1.82) is 0 Å². The van der Waals surface area contributed by atoms with Crippen LogP contribution in [0.4, 0.5) is 0 Å². The van der Waals surface area contributed by atoms with E-state index >= 15 is 0 Å². The summed E-state index contributed by atoms with van der Waals surface area (Å²) in [7, 11) is 2.23. The lowest BCUT2D eigenvalue weighted by Crippen LogP contribution is -2.31. The first-order valence-corrected chi connectivity index (χ1v) is 8.59. The minimum absolute atomic E-state index is 0.669. The van der Waals surface area contributed by atoms with Crippen molar-refractivity contribution in [3.05, 3.63) is 29.1 Å². The number of hydrogen-bond acceptors (Lipinski definition) is 3. The van der Waals surface area contributed by atoms with Gasteiger partial charge in [0.2, 0.25) is 0 Å². The number of aromatic nitrogens is 1. The third kappa shape index (κ3) is 3.83. The minimum Gasteiger partial charge on any atom is -0.306 e. The van der Waals surface area contributed by atoms with Crippen LogP contribution < -0.4 is 0 Å². The van der Waals surface area contributed by atoms with Gasteiger partial charge < -0.3 is 4.90 Å². The molecule has 0 spiro atoms. The molecule has 0 amide bonds. The molecule has 2 aliphatic rings. The highest BCUT2D eigenvalue weighted by molar-refractivity contribution is 5.25. The van der Waals surface area contributed by atoms with Gasteiger partial charge in [0, 0.05) is 18.2 Å². The van der Waals surface area contributed by atoms with Crippen LogP contribution >= 0.6 is 0 Å². The van der Waals surface area contributed by atoms with E-state index in [2.05, 4.69) is 35.9 Å². The van der Waals surface area contributed by atoms with Crippen LogP contribution in [0, 0.1) is 6.92 Å². The van der Waals surface area contributed by atoms with Gasteiger partial charge in [-0.05, 0) is 77.5 Å². The number of nitrogens with zero attached hydrogens (tertiary/aromatic N) is 3. The summed E-state index contributed by atoms with van der Waals surface area (Å²) in [6.45, 7) is 8.19. The second-order valence-corrected chi connectivity index (χ2v) is 6.92. The summed E-state index contributed by atoms with van der Waals surface area (Å²) in [6.07, 6.45) is 6.63. The number of rotatable bonds is 3. The highest BCUT2D eigenvalue weighted by atomic mass is 15.1. The SMILES string of the molecule is Cc1ccc(CN2CCCCC2)nc1C1CCN(C)CC1. The molecule has 1 aromatic heterocycles. The molecular weight excluding hydrogens is 258 g/mol. The molecule has 1 aromatic rings. The molecule has 3 heteroatoms. The van der Waals surface area contributed by atoms with Crippen molar-refractivity contribution in [3.8, 4) is 0 Å². The fraction of sp³-hybridized carbons (Fsp3) is 0.722. The van der Waals surface area contributed by atoms with Gasteiger partial charge >= 0.3 is 0 Å². The molecule has 2 fully saturated rings. The van der Waals surface area contributed by atoms with Gasteiger partial charge in [0.15, 0.2) is 0 Å². The summed E-state index contributed by atoms with van der Waals surface area (Å²) in [5.74, 6) is 0.669. The normalized spacial score (nSPS) is 22.6. The quantitative estimate of drug-likeness (QED) is 0.851. The molecule has 0 radical (unpaired) electrons. The van der Waals surface area contributed by atoms with E-state index in [4.69, 9.17) is 4.98 Å². The lowest BCUT2D eigenvalue weighted by Gasteiger charge is -2.30. The Hall–Kier alpha value is -0.930. The van der Waals surface area contributed by atoms with Gasteiger partial charge in [0.05, 0.1) is 5.69 Å². The number of hydrogen-bond donors (Lipinski definition) is 0. The Balaban J connectivity index is 1.70. The van der Waals surface area contributed by atoms with Gasteiger partial charge in [-0.2, -0.15) is 0 Å². The highest BCUT2D eigenvalue weighted by Gasteiger charge is 2.21. The summed E-state index contributed by atoms with van der Waals surface area (Å²) in [6, 6.07) is 4.53. The molecule has 116 valence electrons. The molecular formula is C18H29N3. The van der Waals surface area contributed by atoms with Crippen molar-refractivity contribution in [2.45, 2.75) is 51.5 Å². The Morgan fingerprint density at radius 3 is 2.48 bits per heavy atom. The second kappa shape index (κ2) is 6.89. The second-order valence-electron chi connectivity index (χ2n) is 6.92. The smallest absolute Gasteiger partial charge is 0.0547 e. The molecule has 3 heterocycles. The highest BCUT2D eigenvalue weighted by Crippen LogP contribution is 2.28. The molecule has 21 heavy (non-hydrogen) atoms. The maximum Gasteiger partial charge on any atom is 0.0547 e. The van der Waals surface area contributed by atoms with Crippen LogP contribution in [0.1, 0.15) is 55.0 Å². The van der Waals surface area contributed by atoms with Crippen molar-refractivity contribution >= 4 is 0 Å². The van der Waals surface area contributed by atoms with Gasteiger partial charge in [0.25, 0.3) is 0 Å². The molecule has 0 aromatic carbocycles. The van der Waals surface area contributed by atoms with Gasteiger partial charge in [-0.1, -0.05) is 12.5 Å². The predicted molar refractivity (Wildman–Crippen MR) is 87.6 cm³/mol. The molecule has 3 rings (SSSR count). The molecule has 0 saturated carbocycles. The molecule has 3 nitrogen and oxygen atoms in total. The summed E-state index contributed by atoms with van der Waals surface area (Å²) >= 11 is 0. The topological polar surface area (TPSA) is 19.4 Å². The van der Waals surface area contributed by atoms with Crippen LogP contribution in [0.25, 0.3) is 0 Å². The average Bonchev–Trinajstić information content (AvgIpc) is 2.51. The zero-order valence-electron chi connectivity index (χ0n) is 13.6. The zero-order valence-corrected chi connectivity index (χ0v) is 13.6. The third-order valence-electron chi connectivity index (χ3n) is 5.13. The molecule has 2 saturated heterocycles. The number of likely N-dealkylation sites (tertiary alicyclic amines) is 2. The lowest BCUT2D eigenvalue weighted by molar-refractivity contribution is 0.217. The van der Waals surface area contributed by atoms with Crippen LogP contribution in [-0.2, 0) is 6.54 Å². The van der Waals surface area contributed by atoms with E-state index in [-0.39, 0.29) is 0 Å². The monoisotopic (exact) mass is 287 g/mol. The summed E-state index contributed by atoms with van der Waals surface area (Å²) in [4.78, 5) is 10.1. The van der Waals surface area contributed by atoms with Crippen LogP contribution in [-0.4, -0.2) is 48.0 Å². The Kier molecular flexibility index (Phi) is 4.91. The van der Waals surface area contributed by atoms with Gasteiger partial charge in [-0.3, -0.25) is 9.88 Å². The first-order valence-electron chi connectivity index (χ1n) is 8.59. The van der Waals surface area contributed by atoms with E-state index < -0.39 is 0 Å². The molecule has 2 aliphatic heterocycles. The van der Waals surface area contributed by atoms with Crippen molar-refractivity contribution < 1.29 is 0 Å². The van der Waals surface area contributed by atoms with E-state index in [1.54, 1.807) is 0 Å². The standard InChI is InChI=1S/C18H29N3/c1-15-6-7-17(14-21-10-4-3-5-11-21)19-18(15)16-8-12-20(2)13-9-16/h6-7,16H,3-5,8-14H2,1-2H3. The van der Waals surface area contributed by atoms with E-state index in [0.29, 0.717) is 5.92 Å². The van der Waals surface area contributed by atoms with Gasteiger partial charge in [-0.15, -0.1) is 0 Å². The summed E-state index contributed by atoms with van der Waals surface area (Å²) in [5.41, 5.74) is 4.03. The Morgan fingerprint density at radius 2 is 1.76 bits per heavy atom. The Labute approximate surface area is 129 Å². The number of aryl methyl sites for hydroxylation is 1. The van der Waals surface area contributed by atoms with E-state index in [1.807, 2.05) is 0 Å². The fourth-order valence-corrected chi connectivity index (χ4v) is 3.72. The third-order valence-corrected chi connectivity index (χ3v) is 5.13. The maximum atomic E-state index is 5.05. The zero-order chi connectivity index (χ0) is 14.7. The first kappa shape index (κ1) is 15.0. The van der Waals surface area contributed by atoms with Crippen molar-refractivity contribution in [2.75, 3.05) is 33.2 Å². The molecule has 0 atom stereocenters. The summed E-state index contributed by atoms with van der Waals surface area (Å²) < 4.78 is 0. The summed E-state index contributed by atoms with van der Waals surface area (Å²) in [5, 5.41) is 0. The van der Waals surface area contributed by atoms with Crippen LogP contribution in [0.2, 0.25) is 0 Å². The minimum atomic E-state index is 0.669. The van der Waals surface area contributed by atoms with Crippen molar-refractivity contribution in [1.82, 2.24) is 14.8 Å². The number of piperidine rings is 2. The predicted octanol–water partition coefficient (Wildman–Crippen LogP) is 3.19. The Bertz CT molecular complexity index is 458. The molecule has 0 unspecified atom stereocenters. The fourth-order valence-electron chi connectivity index (χ4n) is 3.72. The van der Waals surface area contributed by atoms with E-state index in [0.717, 1.165) is 6.54 Å². The van der Waals surface area contributed by atoms with Gasteiger partial charge in [0.1, 0.15) is 0 Å².